The summed E-state index contributed by atoms with van der Waals surface area (Å²) in [4.78, 5) is 4.63. The van der Waals surface area contributed by atoms with Crippen LogP contribution in [-0.4, -0.2) is 25.7 Å². The van der Waals surface area contributed by atoms with E-state index in [2.05, 4.69) is 14.9 Å². The molecule has 2 aromatic heterocycles. The van der Waals surface area contributed by atoms with E-state index in [1.165, 1.54) is 11.3 Å². The number of nitrogens with one attached hydrogen (secondary N) is 1. The number of hydrogen-bond acceptors (Lipinski definition) is 7. The van der Waals surface area contributed by atoms with Crippen molar-refractivity contribution < 1.29 is 17.7 Å². The van der Waals surface area contributed by atoms with Gasteiger partial charge < -0.3 is 9.26 Å². The van der Waals surface area contributed by atoms with Crippen LogP contribution in [0.4, 0.5) is 5.69 Å². The Labute approximate surface area is 183 Å². The quantitative estimate of drug-likeness (QED) is 0.436. The number of ether oxygens (including phenoxy) is 1. The number of benzene rings is 2. The van der Waals surface area contributed by atoms with E-state index in [4.69, 9.17) is 9.26 Å². The third-order valence-electron chi connectivity index (χ3n) is 5.38. The Bertz CT molecular complexity index is 1290. The first kappa shape index (κ1) is 19.8. The second-order valence-corrected chi connectivity index (χ2v) is 10.2. The lowest BCUT2D eigenvalue weighted by atomic mass is 9.96. The van der Waals surface area contributed by atoms with Crippen molar-refractivity contribution >= 4 is 27.0 Å². The minimum absolute atomic E-state index is 0.242. The fraction of sp³-hybridized carbons (Fsp3) is 0.182. The highest BCUT2D eigenvalue weighted by molar-refractivity contribution is 7.94. The largest absolute Gasteiger partial charge is 0.497 e. The van der Waals surface area contributed by atoms with Gasteiger partial charge in [0.1, 0.15) is 9.96 Å². The number of sulfonamides is 1. The summed E-state index contributed by atoms with van der Waals surface area (Å²) in [5.74, 6) is 1.87. The highest BCUT2D eigenvalue weighted by Crippen LogP contribution is 2.53. The fourth-order valence-electron chi connectivity index (χ4n) is 3.51. The molecule has 0 bridgehead atoms. The molecule has 9 heteroatoms. The number of methoxy groups -OCH3 is 1. The lowest BCUT2D eigenvalue weighted by molar-refractivity contribution is 0.360. The number of nitrogens with zero attached hydrogens (tertiary/aromatic N) is 2. The molecule has 0 radical (unpaired) electrons. The zero-order valence-corrected chi connectivity index (χ0v) is 18.2. The van der Waals surface area contributed by atoms with Gasteiger partial charge in [0.15, 0.2) is 0 Å². The van der Waals surface area contributed by atoms with Crippen molar-refractivity contribution in [3.8, 4) is 17.1 Å². The van der Waals surface area contributed by atoms with E-state index in [9.17, 15) is 8.42 Å². The van der Waals surface area contributed by atoms with Crippen LogP contribution in [0.15, 0.2) is 74.8 Å². The second-order valence-electron chi connectivity index (χ2n) is 7.35. The van der Waals surface area contributed by atoms with Crippen LogP contribution in [-0.2, 0) is 15.4 Å². The highest BCUT2D eigenvalue weighted by atomic mass is 32.2. The van der Waals surface area contributed by atoms with Crippen molar-refractivity contribution in [2.24, 2.45) is 0 Å². The molecule has 1 fully saturated rings. The predicted molar refractivity (Wildman–Crippen MR) is 118 cm³/mol. The minimum atomic E-state index is -3.58. The molecular weight excluding hydrogens is 434 g/mol. The van der Waals surface area contributed by atoms with Gasteiger partial charge in [-0.3, -0.25) is 4.72 Å². The van der Waals surface area contributed by atoms with E-state index in [0.29, 0.717) is 17.4 Å². The first-order valence-corrected chi connectivity index (χ1v) is 12.0. The van der Waals surface area contributed by atoms with Crippen LogP contribution >= 0.6 is 11.3 Å². The molecule has 0 unspecified atom stereocenters. The van der Waals surface area contributed by atoms with Crippen molar-refractivity contribution in [1.82, 2.24) is 10.1 Å². The van der Waals surface area contributed by atoms with Crippen LogP contribution in [0.2, 0.25) is 0 Å². The van der Waals surface area contributed by atoms with Gasteiger partial charge in [0.2, 0.25) is 11.7 Å². The molecule has 1 aliphatic carbocycles. The molecular formula is C22H19N3O4S2. The highest BCUT2D eigenvalue weighted by Gasteiger charge is 2.51. The van der Waals surface area contributed by atoms with Crippen molar-refractivity contribution in [1.29, 1.82) is 0 Å². The third-order valence-corrected chi connectivity index (χ3v) is 8.16. The van der Waals surface area contributed by atoms with E-state index in [1.807, 2.05) is 24.3 Å². The number of thiophene rings is 1. The summed E-state index contributed by atoms with van der Waals surface area (Å²) in [5, 5.41) is 5.88. The SMILES string of the molecule is COc1ccc(C2(c3nc(-c4ccc(NS(=O)(=O)c5cccs5)cc4)no3)CC2)cc1. The summed E-state index contributed by atoms with van der Waals surface area (Å²) in [7, 11) is -1.94. The van der Waals surface area contributed by atoms with Crippen LogP contribution in [0.1, 0.15) is 24.3 Å². The number of hydrogen-bond donors (Lipinski definition) is 1. The standard InChI is InChI=1S/C22H19N3O4S2/c1-28-18-10-6-16(7-11-18)22(12-13-22)21-23-20(24-29-21)15-4-8-17(9-5-15)25-31(26,27)19-3-2-14-30-19/h2-11,14,25H,12-13H2,1H3. The molecule has 5 rings (SSSR count). The lowest BCUT2D eigenvalue weighted by Crippen LogP contribution is -2.11. The smallest absolute Gasteiger partial charge is 0.271 e. The van der Waals surface area contributed by atoms with Gasteiger partial charge in [-0.25, -0.2) is 8.42 Å². The second kappa shape index (κ2) is 7.51. The molecule has 1 saturated carbocycles. The predicted octanol–water partition coefficient (Wildman–Crippen LogP) is 4.69. The maximum atomic E-state index is 12.4. The Kier molecular flexibility index (Phi) is 4.79. The molecule has 2 heterocycles. The van der Waals surface area contributed by atoms with Gasteiger partial charge >= 0.3 is 0 Å². The minimum Gasteiger partial charge on any atom is -0.497 e. The van der Waals surface area contributed by atoms with E-state index < -0.39 is 10.0 Å². The summed E-state index contributed by atoms with van der Waals surface area (Å²) in [6.07, 6.45) is 1.90. The van der Waals surface area contributed by atoms with E-state index in [1.54, 1.807) is 48.9 Å². The van der Waals surface area contributed by atoms with Crippen LogP contribution in [0.25, 0.3) is 11.4 Å². The Hall–Kier alpha value is -3.17. The molecule has 0 spiro atoms. The maximum absolute atomic E-state index is 12.4. The van der Waals surface area contributed by atoms with Crippen LogP contribution in [0.3, 0.4) is 0 Å². The Balaban J connectivity index is 1.35. The van der Waals surface area contributed by atoms with Crippen molar-refractivity contribution in [2.75, 3.05) is 11.8 Å². The van der Waals surface area contributed by atoms with Gasteiger partial charge in [0, 0.05) is 11.3 Å². The summed E-state index contributed by atoms with van der Waals surface area (Å²) >= 11 is 1.17. The first-order chi connectivity index (χ1) is 15.0. The van der Waals surface area contributed by atoms with E-state index in [0.717, 1.165) is 29.7 Å². The summed E-state index contributed by atoms with van der Waals surface area (Å²) in [6, 6.07) is 18.1. The Morgan fingerprint density at radius 2 is 1.81 bits per heavy atom. The average molecular weight is 454 g/mol. The molecule has 7 nitrogen and oxygen atoms in total. The van der Waals surface area contributed by atoms with Gasteiger partial charge in [0.05, 0.1) is 12.5 Å². The molecule has 0 saturated heterocycles. The summed E-state index contributed by atoms with van der Waals surface area (Å²) in [6.45, 7) is 0. The van der Waals surface area contributed by atoms with Crippen molar-refractivity contribution in [3.63, 3.8) is 0 Å². The average Bonchev–Trinajstić information content (AvgIpc) is 3.19. The molecule has 1 aliphatic rings. The Morgan fingerprint density at radius 1 is 1.06 bits per heavy atom. The molecule has 31 heavy (non-hydrogen) atoms. The molecule has 4 aromatic rings. The summed E-state index contributed by atoms with van der Waals surface area (Å²) in [5.41, 5.74) is 2.10. The van der Waals surface area contributed by atoms with Gasteiger partial charge in [-0.05, 0) is 66.2 Å². The topological polar surface area (TPSA) is 94.3 Å². The van der Waals surface area contributed by atoms with E-state index >= 15 is 0 Å². The van der Waals surface area contributed by atoms with E-state index in [-0.39, 0.29) is 9.62 Å². The van der Waals surface area contributed by atoms with Crippen LogP contribution in [0, 0.1) is 0 Å². The molecule has 1 N–H and O–H groups in total. The molecule has 0 aliphatic heterocycles. The maximum Gasteiger partial charge on any atom is 0.271 e. The molecule has 2 aromatic carbocycles. The van der Waals surface area contributed by atoms with Crippen LogP contribution < -0.4 is 9.46 Å². The van der Waals surface area contributed by atoms with Gasteiger partial charge in [0.25, 0.3) is 10.0 Å². The number of anilines is 1. The Morgan fingerprint density at radius 3 is 2.42 bits per heavy atom. The van der Waals surface area contributed by atoms with Gasteiger partial charge in [-0.1, -0.05) is 23.4 Å². The lowest BCUT2D eigenvalue weighted by Gasteiger charge is -2.11. The first-order valence-electron chi connectivity index (χ1n) is 9.66. The monoisotopic (exact) mass is 453 g/mol. The fourth-order valence-corrected chi connectivity index (χ4v) is 5.56. The zero-order valence-electron chi connectivity index (χ0n) is 16.6. The number of rotatable bonds is 7. The van der Waals surface area contributed by atoms with Crippen molar-refractivity contribution in [2.45, 2.75) is 22.5 Å². The third kappa shape index (κ3) is 3.70. The molecule has 0 atom stereocenters. The number of aromatic nitrogens is 2. The normalized spacial score (nSPS) is 14.9. The van der Waals surface area contributed by atoms with Gasteiger partial charge in [-0.2, -0.15) is 4.98 Å². The van der Waals surface area contributed by atoms with Crippen LogP contribution in [0.5, 0.6) is 5.75 Å². The summed E-state index contributed by atoms with van der Waals surface area (Å²) < 4.78 is 38.4. The zero-order chi connectivity index (χ0) is 21.5. The molecule has 158 valence electrons. The molecule has 0 amide bonds. The van der Waals surface area contributed by atoms with Crippen molar-refractivity contribution in [3.05, 3.63) is 77.5 Å². The van der Waals surface area contributed by atoms with Gasteiger partial charge in [-0.15, -0.1) is 11.3 Å².